The summed E-state index contributed by atoms with van der Waals surface area (Å²) in [5, 5.41) is 0.00174. The molecule has 5 heteroatoms. The standard InChI is InChI=1S/C13H12Cl2N2O/c1-8-3-9(2)5-10(4-8)6-17-7-16-12(15)11(14)13(17)18/h3-5,7H,6H2,1-2H3. The molecule has 0 fully saturated rings. The Kier molecular flexibility index (Phi) is 3.73. The predicted octanol–water partition coefficient (Wildman–Crippen LogP) is 3.22. The second-order valence-corrected chi connectivity index (χ2v) is 5.01. The fourth-order valence-corrected chi connectivity index (χ4v) is 2.20. The van der Waals surface area contributed by atoms with E-state index in [1.165, 1.54) is 10.9 Å². The maximum atomic E-state index is 11.9. The van der Waals surface area contributed by atoms with Crippen molar-refractivity contribution in [3.05, 3.63) is 61.7 Å². The summed E-state index contributed by atoms with van der Waals surface area (Å²) in [6.07, 6.45) is 1.41. The van der Waals surface area contributed by atoms with E-state index in [0.29, 0.717) is 6.54 Å². The minimum Gasteiger partial charge on any atom is -0.293 e. The topological polar surface area (TPSA) is 34.9 Å². The first-order valence-corrected chi connectivity index (χ1v) is 6.20. The fraction of sp³-hybridized carbons (Fsp3) is 0.231. The van der Waals surface area contributed by atoms with Gasteiger partial charge >= 0.3 is 0 Å². The van der Waals surface area contributed by atoms with Crippen LogP contribution in [-0.2, 0) is 6.54 Å². The van der Waals surface area contributed by atoms with Crippen molar-refractivity contribution in [1.29, 1.82) is 0 Å². The molecule has 1 aromatic heterocycles. The van der Waals surface area contributed by atoms with E-state index in [4.69, 9.17) is 23.2 Å². The molecule has 18 heavy (non-hydrogen) atoms. The summed E-state index contributed by atoms with van der Waals surface area (Å²) in [6, 6.07) is 6.14. The quantitative estimate of drug-likeness (QED) is 0.793. The zero-order valence-corrected chi connectivity index (χ0v) is 11.6. The molecule has 0 aliphatic carbocycles. The first-order chi connectivity index (χ1) is 8.47. The third-order valence-electron chi connectivity index (χ3n) is 2.57. The SMILES string of the molecule is Cc1cc(C)cc(Cn2cnc(Cl)c(Cl)c2=O)c1. The zero-order chi connectivity index (χ0) is 13.3. The highest BCUT2D eigenvalue weighted by molar-refractivity contribution is 6.40. The molecule has 1 aromatic carbocycles. The second-order valence-electron chi connectivity index (χ2n) is 4.28. The van der Waals surface area contributed by atoms with Crippen LogP contribution in [0.25, 0.3) is 0 Å². The van der Waals surface area contributed by atoms with Crippen molar-refractivity contribution in [3.63, 3.8) is 0 Å². The van der Waals surface area contributed by atoms with Crippen molar-refractivity contribution in [2.45, 2.75) is 20.4 Å². The Labute approximate surface area is 115 Å². The molecule has 0 bridgehead atoms. The Bertz CT molecular complexity index is 630. The van der Waals surface area contributed by atoms with Crippen LogP contribution in [0.2, 0.25) is 10.2 Å². The lowest BCUT2D eigenvalue weighted by Gasteiger charge is -2.08. The molecule has 1 heterocycles. The number of hydrogen-bond acceptors (Lipinski definition) is 2. The van der Waals surface area contributed by atoms with Gasteiger partial charge in [-0.05, 0) is 19.4 Å². The van der Waals surface area contributed by atoms with Gasteiger partial charge in [-0.25, -0.2) is 4.98 Å². The summed E-state index contributed by atoms with van der Waals surface area (Å²) >= 11 is 11.5. The Hall–Kier alpha value is -1.32. The third kappa shape index (κ3) is 2.74. The molecule has 3 nitrogen and oxygen atoms in total. The predicted molar refractivity (Wildman–Crippen MR) is 73.5 cm³/mol. The van der Waals surface area contributed by atoms with E-state index in [1.807, 2.05) is 26.0 Å². The van der Waals surface area contributed by atoms with Crippen LogP contribution >= 0.6 is 23.2 Å². The molecule has 0 saturated heterocycles. The van der Waals surface area contributed by atoms with Crippen molar-refractivity contribution in [3.8, 4) is 0 Å². The van der Waals surface area contributed by atoms with E-state index in [1.54, 1.807) is 0 Å². The molecule has 94 valence electrons. The van der Waals surface area contributed by atoms with Gasteiger partial charge in [0.15, 0.2) is 5.15 Å². The molecular weight excluding hydrogens is 271 g/mol. The van der Waals surface area contributed by atoms with E-state index in [9.17, 15) is 4.79 Å². The molecule has 0 saturated carbocycles. The smallest absolute Gasteiger partial charge is 0.273 e. The van der Waals surface area contributed by atoms with Crippen LogP contribution in [0.4, 0.5) is 0 Å². The monoisotopic (exact) mass is 282 g/mol. The number of halogens is 2. The summed E-state index contributed by atoms with van der Waals surface area (Å²) in [5.41, 5.74) is 3.03. The van der Waals surface area contributed by atoms with Crippen LogP contribution in [0, 0.1) is 13.8 Å². The number of nitrogens with zero attached hydrogens (tertiary/aromatic N) is 2. The van der Waals surface area contributed by atoms with Crippen molar-refractivity contribution in [2.75, 3.05) is 0 Å². The highest BCUT2D eigenvalue weighted by Crippen LogP contribution is 2.14. The number of benzene rings is 1. The lowest BCUT2D eigenvalue weighted by atomic mass is 10.1. The maximum Gasteiger partial charge on any atom is 0.273 e. The maximum absolute atomic E-state index is 11.9. The first-order valence-electron chi connectivity index (χ1n) is 5.45. The Morgan fingerprint density at radius 3 is 2.39 bits per heavy atom. The van der Waals surface area contributed by atoms with Gasteiger partial charge in [0.05, 0.1) is 12.9 Å². The summed E-state index contributed by atoms with van der Waals surface area (Å²) < 4.78 is 1.45. The number of aromatic nitrogens is 2. The van der Waals surface area contributed by atoms with Crippen molar-refractivity contribution in [2.24, 2.45) is 0 Å². The normalized spacial score (nSPS) is 10.7. The Balaban J connectivity index is 2.40. The van der Waals surface area contributed by atoms with E-state index >= 15 is 0 Å². The summed E-state index contributed by atoms with van der Waals surface area (Å²) in [6.45, 7) is 4.48. The summed E-state index contributed by atoms with van der Waals surface area (Å²) in [5.74, 6) is 0. The highest BCUT2D eigenvalue weighted by Gasteiger charge is 2.08. The lowest BCUT2D eigenvalue weighted by molar-refractivity contribution is 0.735. The van der Waals surface area contributed by atoms with Crippen molar-refractivity contribution < 1.29 is 0 Å². The van der Waals surface area contributed by atoms with Gasteiger partial charge in [0, 0.05) is 0 Å². The third-order valence-corrected chi connectivity index (χ3v) is 3.30. The van der Waals surface area contributed by atoms with Crippen LogP contribution in [0.3, 0.4) is 0 Å². The minimum atomic E-state index is -0.323. The average molecular weight is 283 g/mol. The fourth-order valence-electron chi connectivity index (χ4n) is 1.91. The van der Waals surface area contributed by atoms with Gasteiger partial charge in [-0.3, -0.25) is 9.36 Å². The van der Waals surface area contributed by atoms with Crippen LogP contribution < -0.4 is 5.56 Å². The lowest BCUT2D eigenvalue weighted by Crippen LogP contribution is -2.21. The number of rotatable bonds is 2. The van der Waals surface area contributed by atoms with Crippen LogP contribution in [0.1, 0.15) is 16.7 Å². The van der Waals surface area contributed by atoms with Gasteiger partial charge in [0.1, 0.15) is 5.02 Å². The molecule has 0 unspecified atom stereocenters. The Morgan fingerprint density at radius 1 is 1.17 bits per heavy atom. The molecule has 2 aromatic rings. The molecule has 0 atom stereocenters. The summed E-state index contributed by atoms with van der Waals surface area (Å²) in [7, 11) is 0. The largest absolute Gasteiger partial charge is 0.293 e. The molecular formula is C13H12Cl2N2O. The van der Waals surface area contributed by atoms with E-state index < -0.39 is 0 Å². The average Bonchev–Trinajstić information content (AvgIpc) is 2.29. The van der Waals surface area contributed by atoms with Gasteiger partial charge in [0.25, 0.3) is 5.56 Å². The molecule has 0 aliphatic heterocycles. The van der Waals surface area contributed by atoms with Gasteiger partial charge in [-0.2, -0.15) is 0 Å². The van der Waals surface area contributed by atoms with E-state index in [-0.39, 0.29) is 15.7 Å². The van der Waals surface area contributed by atoms with E-state index in [2.05, 4.69) is 11.1 Å². The first kappa shape index (κ1) is 13.1. The molecule has 2 rings (SSSR count). The molecule has 0 radical (unpaired) electrons. The molecule has 0 spiro atoms. The van der Waals surface area contributed by atoms with Gasteiger partial charge < -0.3 is 0 Å². The van der Waals surface area contributed by atoms with Crippen LogP contribution in [-0.4, -0.2) is 9.55 Å². The number of hydrogen-bond donors (Lipinski definition) is 0. The van der Waals surface area contributed by atoms with Gasteiger partial charge in [0.2, 0.25) is 0 Å². The van der Waals surface area contributed by atoms with Crippen LogP contribution in [0.15, 0.2) is 29.3 Å². The van der Waals surface area contributed by atoms with Crippen LogP contribution in [0.5, 0.6) is 0 Å². The van der Waals surface area contributed by atoms with E-state index in [0.717, 1.165) is 16.7 Å². The van der Waals surface area contributed by atoms with Crippen molar-refractivity contribution >= 4 is 23.2 Å². The van der Waals surface area contributed by atoms with Crippen molar-refractivity contribution in [1.82, 2.24) is 9.55 Å². The summed E-state index contributed by atoms with van der Waals surface area (Å²) in [4.78, 5) is 15.7. The Morgan fingerprint density at radius 2 is 1.78 bits per heavy atom. The second kappa shape index (κ2) is 5.12. The zero-order valence-electron chi connectivity index (χ0n) is 10.1. The molecule has 0 N–H and O–H groups in total. The molecule has 0 aliphatic rings. The minimum absolute atomic E-state index is 0.0384. The van der Waals surface area contributed by atoms with Gasteiger partial charge in [-0.15, -0.1) is 0 Å². The highest BCUT2D eigenvalue weighted by atomic mass is 35.5. The number of aryl methyl sites for hydroxylation is 2. The van der Waals surface area contributed by atoms with Gasteiger partial charge in [-0.1, -0.05) is 52.5 Å². The molecule has 0 amide bonds.